The van der Waals surface area contributed by atoms with Crippen molar-refractivity contribution in [3.63, 3.8) is 0 Å². The monoisotopic (exact) mass is 1190 g/mol. The molecule has 4 rings (SSSR count). The van der Waals surface area contributed by atoms with Gasteiger partial charge >= 0.3 is 29.6 Å². The number of carboxylic acid groups (broad SMARTS) is 1. The summed E-state index contributed by atoms with van der Waals surface area (Å²) < 4.78 is 44.7. The van der Waals surface area contributed by atoms with Gasteiger partial charge in [0.15, 0.2) is 36.5 Å². The maximum atomic E-state index is 13.3. The third-order valence-corrected chi connectivity index (χ3v) is 12.9. The van der Waals surface area contributed by atoms with Crippen molar-refractivity contribution in [1.82, 2.24) is 21.3 Å². The minimum atomic E-state index is -2.40. The zero-order valence-electron chi connectivity index (χ0n) is 44.4. The smallest absolute Gasteiger partial charge is 0.547 e. The van der Waals surface area contributed by atoms with E-state index in [1.54, 1.807) is 0 Å². The average Bonchev–Trinajstić information content (AvgIpc) is 3.41. The SMILES string of the molecule is CC(=O)NCC(=O)[C@@H](O)[C@H](O)[C@H](O)CO.CO[C@H]1C(O)C(O)[C@H](O[C@@H]2C(NC(C)=O)[C@H](O[C@H]3C(O)C(O)[C@H](O[C@@H]4C(NC(C)=O)[C@H](C)OC(CO)[C@H]4O)O[C@H]3C(=O)[O-])OC(CO)[C@H]2O)O[C@H]1C(=O)NCC(=O)[C@@H](O)[C@H](O)[C@H](O)CO.[Na+]. The number of carboxylic acids is 1. The number of methoxy groups -OCH3 is 1. The van der Waals surface area contributed by atoms with Gasteiger partial charge in [0.1, 0.15) is 122 Å². The van der Waals surface area contributed by atoms with Gasteiger partial charge in [0.25, 0.3) is 5.91 Å². The van der Waals surface area contributed by atoms with E-state index >= 15 is 0 Å². The van der Waals surface area contributed by atoms with Crippen molar-refractivity contribution in [2.75, 3.05) is 46.6 Å². The van der Waals surface area contributed by atoms with E-state index in [0.717, 1.165) is 21.0 Å². The van der Waals surface area contributed by atoms with E-state index in [9.17, 15) is 99.9 Å². The van der Waals surface area contributed by atoms with Gasteiger partial charge in [-0.05, 0) is 6.92 Å². The van der Waals surface area contributed by atoms with E-state index in [1.807, 2.05) is 5.32 Å². The van der Waals surface area contributed by atoms with Crippen LogP contribution in [-0.2, 0) is 71.5 Å². The summed E-state index contributed by atoms with van der Waals surface area (Å²) in [5.74, 6) is -7.44. The van der Waals surface area contributed by atoms with Crippen LogP contribution in [0, 0.1) is 0 Å². The van der Waals surface area contributed by atoms with Crippen LogP contribution < -0.4 is 55.9 Å². The molecule has 26 atom stereocenters. The molecule has 4 amide bonds. The summed E-state index contributed by atoms with van der Waals surface area (Å²) >= 11 is 0. The van der Waals surface area contributed by atoms with E-state index < -0.39 is 240 Å². The number of hydrogen-bond acceptors (Lipinski definition) is 32. The van der Waals surface area contributed by atoms with Crippen LogP contribution in [0.5, 0.6) is 0 Å². The van der Waals surface area contributed by atoms with Crippen molar-refractivity contribution in [1.29, 1.82) is 0 Å². The zero-order chi connectivity index (χ0) is 60.8. The Labute approximate surface area is 482 Å². The second-order valence-electron chi connectivity index (χ2n) is 18.8. The largest absolute Gasteiger partial charge is 1.00 e. The topological polar surface area (TPSA) is 588 Å². The molecule has 4 aliphatic heterocycles. The number of ether oxygens (including phenoxy) is 8. The Hall–Kier alpha value is -3.27. The molecule has 81 heavy (non-hydrogen) atoms. The van der Waals surface area contributed by atoms with Crippen LogP contribution in [0.15, 0.2) is 0 Å². The van der Waals surface area contributed by atoms with E-state index in [0.29, 0.717) is 0 Å². The molecule has 0 bridgehead atoms. The van der Waals surface area contributed by atoms with Crippen molar-refractivity contribution < 1.29 is 188 Å². The predicted molar refractivity (Wildman–Crippen MR) is 248 cm³/mol. The third kappa shape index (κ3) is 19.4. The molecule has 0 aromatic carbocycles. The third-order valence-electron chi connectivity index (χ3n) is 12.9. The Balaban J connectivity index is 0.00000122. The maximum Gasteiger partial charge on any atom is 1.00 e. The van der Waals surface area contributed by atoms with Crippen molar-refractivity contribution >= 4 is 41.2 Å². The summed E-state index contributed by atoms with van der Waals surface area (Å²) in [6.45, 7) is -0.349. The maximum absolute atomic E-state index is 13.3. The molecule has 0 radical (unpaired) electrons. The summed E-state index contributed by atoms with van der Waals surface area (Å²) in [4.78, 5) is 84.4. The molecule has 4 heterocycles. The molecule has 4 aliphatic rings. The first kappa shape index (κ1) is 73.8. The van der Waals surface area contributed by atoms with Crippen LogP contribution in [0.25, 0.3) is 0 Å². The van der Waals surface area contributed by atoms with E-state index in [4.69, 9.17) is 58.3 Å². The zero-order valence-corrected chi connectivity index (χ0v) is 46.4. The van der Waals surface area contributed by atoms with Gasteiger partial charge in [-0.15, -0.1) is 0 Å². The van der Waals surface area contributed by atoms with Gasteiger partial charge in [-0.3, -0.25) is 28.8 Å². The number of carbonyl (C=O) groups excluding carboxylic acids is 7. The summed E-state index contributed by atoms with van der Waals surface area (Å²) in [5.41, 5.74) is 0. The first-order chi connectivity index (χ1) is 37.4. The molecule has 37 heteroatoms. The van der Waals surface area contributed by atoms with Crippen LogP contribution in [0.2, 0.25) is 0 Å². The number of Topliss-reactive ketones (excluding diaryl/α,β-unsaturated/α-hetero) is 2. The van der Waals surface area contributed by atoms with Crippen molar-refractivity contribution in [2.24, 2.45) is 0 Å². The quantitative estimate of drug-likeness (QED) is 0.0378. The summed E-state index contributed by atoms with van der Waals surface area (Å²) in [6.07, 6.45) is -46.4. The van der Waals surface area contributed by atoms with Crippen LogP contribution >= 0.6 is 0 Å². The number of hydrogen-bond donors (Lipinski definition) is 20. The molecular weight excluding hydrogens is 1120 g/mol. The van der Waals surface area contributed by atoms with Gasteiger partial charge in [0.05, 0.1) is 57.6 Å². The molecule has 0 spiro atoms. The molecule has 4 fully saturated rings. The number of nitrogens with one attached hydrogen (secondary N) is 4. The number of rotatable bonds is 25. The Kier molecular flexibility index (Phi) is 31.0. The van der Waals surface area contributed by atoms with Gasteiger partial charge in [-0.1, -0.05) is 0 Å². The minimum Gasteiger partial charge on any atom is -0.547 e. The second-order valence-corrected chi connectivity index (χ2v) is 18.8. The van der Waals surface area contributed by atoms with Crippen molar-refractivity contribution in [3.05, 3.63) is 0 Å². The number of amides is 4. The summed E-state index contributed by atoms with van der Waals surface area (Å²) in [6, 6.07) is -3.05. The van der Waals surface area contributed by atoms with Gasteiger partial charge in [-0.25, -0.2) is 0 Å². The number of aliphatic hydroxyl groups excluding tert-OH is 16. The standard InChI is InChI=1S/C36H59N3O26.C8H15NO6.Na/c1-9-16(38-10(2)43)26(20(49)14(7-41)59-9)61-36-25(54)23(52)29(31(65-36)33(56)57)63-34-17(39-11(3)44)27(21(50)15(8-42)60-34)62-35-24(53)22(51)28(58-4)30(64-35)32(55)37-5-12(45)18(47)19(48)13(46)6-40;1-4(11)9-2-5(12)7(14)8(15)6(13)3-10;/h9,13-31,34-36,40-42,46-54H,5-8H2,1-4H3,(H,37,55)(H,38,43)(H,39,44)(H,56,57);6-8,10,13-15H,2-3H2,1H3,(H,9,11);/q;;+1/p-1/t9-,13+,14?,15?,16?,17?,18+,19+,20+,21+,22?,23?,24?,25?,26+,27+,28-,29-,30+,31+,34-,35+,36+;6-,7-,8-;/m01./s1. The van der Waals surface area contributed by atoms with Gasteiger partial charge in [-0.2, -0.15) is 0 Å². The van der Waals surface area contributed by atoms with Gasteiger partial charge in [0.2, 0.25) is 17.7 Å². The molecule has 0 aliphatic carbocycles. The number of carbonyl (C=O) groups is 7. The molecule has 36 nitrogen and oxygen atoms in total. The second kappa shape index (κ2) is 34.0. The number of aliphatic hydroxyl groups is 16. The van der Waals surface area contributed by atoms with Gasteiger partial charge < -0.3 is 151 Å². The molecule has 0 saturated carbocycles. The molecule has 20 N–H and O–H groups in total. The molecule has 0 aromatic heterocycles. The van der Waals surface area contributed by atoms with Crippen LogP contribution in [0.4, 0.5) is 0 Å². The van der Waals surface area contributed by atoms with E-state index in [1.165, 1.54) is 13.8 Å². The minimum absolute atomic E-state index is 0. The fourth-order valence-electron chi connectivity index (χ4n) is 8.51. The van der Waals surface area contributed by atoms with Crippen LogP contribution in [-0.4, -0.2) is 329 Å². The summed E-state index contributed by atoms with van der Waals surface area (Å²) in [5, 5.41) is 182. The first-order valence-corrected chi connectivity index (χ1v) is 24.5. The number of aliphatic carboxylic acids is 1. The Morgan fingerprint density at radius 3 is 1.35 bits per heavy atom. The van der Waals surface area contributed by atoms with E-state index in [2.05, 4.69) is 16.0 Å². The molecule has 0 aromatic rings. The Morgan fingerprint density at radius 2 is 0.926 bits per heavy atom. The average molecular weight is 1190 g/mol. The predicted octanol–water partition coefficient (Wildman–Crippen LogP) is -18.4. The molecular formula is C44H73N4NaO32. The van der Waals surface area contributed by atoms with Crippen LogP contribution in [0.3, 0.4) is 0 Å². The van der Waals surface area contributed by atoms with Crippen molar-refractivity contribution in [2.45, 2.75) is 187 Å². The number of ketones is 2. The normalized spacial score (nSPS) is 36.3. The van der Waals surface area contributed by atoms with Crippen LogP contribution in [0.1, 0.15) is 27.7 Å². The summed E-state index contributed by atoms with van der Waals surface area (Å²) in [7, 11) is 0.994. The first-order valence-electron chi connectivity index (χ1n) is 24.5. The fourth-order valence-corrected chi connectivity index (χ4v) is 8.51. The van der Waals surface area contributed by atoms with E-state index in [-0.39, 0.29) is 29.6 Å². The fraction of sp³-hybridized carbons (Fsp3) is 0.841. The molecule has 462 valence electrons. The Bertz CT molecular complexity index is 2040. The van der Waals surface area contributed by atoms with Crippen molar-refractivity contribution in [3.8, 4) is 0 Å². The Morgan fingerprint density at radius 1 is 0.519 bits per heavy atom. The molecule has 4 saturated heterocycles. The molecule has 8 unspecified atom stereocenters. The van der Waals surface area contributed by atoms with Gasteiger partial charge in [0, 0.05) is 27.9 Å².